The van der Waals surface area contributed by atoms with E-state index >= 15 is 0 Å². The van der Waals surface area contributed by atoms with Crippen LogP contribution in [0.2, 0.25) is 0 Å². The Morgan fingerprint density at radius 2 is 1.35 bits per heavy atom. The molecule has 31 heavy (non-hydrogen) atoms. The molecule has 0 bridgehead atoms. The second-order valence-corrected chi connectivity index (χ2v) is 7.28. The van der Waals surface area contributed by atoms with Crippen molar-refractivity contribution in [3.8, 4) is 17.2 Å². The molecule has 4 aromatic rings. The molecule has 0 atom stereocenters. The van der Waals surface area contributed by atoms with Crippen LogP contribution in [0, 0.1) is 12.3 Å². The number of rotatable bonds is 9. The summed E-state index contributed by atoms with van der Waals surface area (Å²) in [7, 11) is 1.63. The smallest absolute Gasteiger partial charge is 0.203 e. The zero-order chi connectivity index (χ0) is 21.6. The van der Waals surface area contributed by atoms with Crippen molar-refractivity contribution < 1.29 is 14.2 Å². The van der Waals surface area contributed by atoms with Crippen molar-refractivity contribution in [2.24, 2.45) is 0 Å². The largest absolute Gasteiger partial charge is 0.493 e. The Balaban J connectivity index is 1.49. The van der Waals surface area contributed by atoms with Gasteiger partial charge in [-0.05, 0) is 48.9 Å². The van der Waals surface area contributed by atoms with Gasteiger partial charge in [-0.3, -0.25) is 5.41 Å². The van der Waals surface area contributed by atoms with Gasteiger partial charge in [0.25, 0.3) is 0 Å². The summed E-state index contributed by atoms with van der Waals surface area (Å²) in [6.07, 6.45) is 0. The Morgan fingerprint density at radius 1 is 0.742 bits per heavy atom. The highest BCUT2D eigenvalue weighted by Gasteiger charge is 2.11. The molecule has 0 aliphatic carbocycles. The van der Waals surface area contributed by atoms with Gasteiger partial charge in [0.2, 0.25) is 5.62 Å². The van der Waals surface area contributed by atoms with Gasteiger partial charge in [-0.15, -0.1) is 0 Å². The van der Waals surface area contributed by atoms with Crippen LogP contribution < -0.4 is 19.8 Å². The van der Waals surface area contributed by atoms with Crippen LogP contribution in [0.1, 0.15) is 5.56 Å². The fourth-order valence-corrected chi connectivity index (χ4v) is 3.69. The van der Waals surface area contributed by atoms with Crippen molar-refractivity contribution in [1.29, 1.82) is 5.41 Å². The summed E-state index contributed by atoms with van der Waals surface area (Å²) in [4.78, 5) is 0. The van der Waals surface area contributed by atoms with Gasteiger partial charge in [0.1, 0.15) is 19.0 Å². The molecule has 6 nitrogen and oxygen atoms in total. The molecule has 0 fully saturated rings. The molecule has 0 radical (unpaired) electrons. The van der Waals surface area contributed by atoms with Crippen molar-refractivity contribution in [3.05, 3.63) is 84.0 Å². The van der Waals surface area contributed by atoms with Crippen LogP contribution in [-0.4, -0.2) is 29.5 Å². The quantitative estimate of drug-likeness (QED) is 0.439. The van der Waals surface area contributed by atoms with E-state index in [2.05, 4.69) is 0 Å². The molecule has 160 valence electrons. The van der Waals surface area contributed by atoms with Gasteiger partial charge in [0.05, 0.1) is 31.2 Å². The van der Waals surface area contributed by atoms with Crippen molar-refractivity contribution in [1.82, 2.24) is 9.13 Å². The molecule has 0 unspecified atom stereocenters. The summed E-state index contributed by atoms with van der Waals surface area (Å²) in [6, 6.07) is 23.7. The second-order valence-electron chi connectivity index (χ2n) is 7.28. The Labute approximate surface area is 181 Å². The summed E-state index contributed by atoms with van der Waals surface area (Å²) in [6.45, 7) is 4.12. The fraction of sp³-hybridized carbons (Fsp3) is 0.240. The zero-order valence-corrected chi connectivity index (χ0v) is 17.9. The number of para-hydroxylation sites is 4. The summed E-state index contributed by atoms with van der Waals surface area (Å²) in [5.74, 6) is 2.25. The number of imidazole rings is 1. The minimum absolute atomic E-state index is 0.428. The number of aryl methyl sites for hydroxylation is 1. The maximum Gasteiger partial charge on any atom is 0.203 e. The Kier molecular flexibility index (Phi) is 6.26. The van der Waals surface area contributed by atoms with E-state index in [1.807, 2.05) is 88.9 Å². The lowest BCUT2D eigenvalue weighted by Crippen LogP contribution is -2.28. The monoisotopic (exact) mass is 417 g/mol. The van der Waals surface area contributed by atoms with E-state index in [0.29, 0.717) is 43.4 Å². The third-order valence-electron chi connectivity index (χ3n) is 5.19. The van der Waals surface area contributed by atoms with E-state index < -0.39 is 0 Å². The number of fused-ring (bicyclic) bond motifs is 1. The van der Waals surface area contributed by atoms with Crippen LogP contribution in [0.3, 0.4) is 0 Å². The minimum Gasteiger partial charge on any atom is -0.493 e. The maximum absolute atomic E-state index is 8.74. The molecule has 1 heterocycles. The number of hydrogen-bond donors (Lipinski definition) is 1. The molecule has 4 rings (SSSR count). The molecule has 0 saturated carbocycles. The lowest BCUT2D eigenvalue weighted by atomic mass is 10.2. The molecular weight excluding hydrogens is 390 g/mol. The van der Waals surface area contributed by atoms with Gasteiger partial charge in [0, 0.05) is 0 Å². The highest BCUT2D eigenvalue weighted by molar-refractivity contribution is 5.75. The van der Waals surface area contributed by atoms with Crippen LogP contribution in [0.15, 0.2) is 72.8 Å². The van der Waals surface area contributed by atoms with Gasteiger partial charge in [-0.2, -0.15) is 0 Å². The number of hydrogen-bond acceptors (Lipinski definition) is 4. The minimum atomic E-state index is 0.428. The van der Waals surface area contributed by atoms with Crippen molar-refractivity contribution in [2.45, 2.75) is 20.0 Å². The highest BCUT2D eigenvalue weighted by Crippen LogP contribution is 2.25. The van der Waals surface area contributed by atoms with Crippen LogP contribution in [0.4, 0.5) is 0 Å². The summed E-state index contributed by atoms with van der Waals surface area (Å²) in [5.41, 5.74) is 3.61. The average Bonchev–Trinajstić information content (AvgIpc) is 3.05. The molecule has 1 N–H and O–H groups in total. The van der Waals surface area contributed by atoms with Crippen LogP contribution >= 0.6 is 0 Å². The van der Waals surface area contributed by atoms with E-state index in [4.69, 9.17) is 19.6 Å². The van der Waals surface area contributed by atoms with E-state index in [-0.39, 0.29) is 0 Å². The zero-order valence-electron chi connectivity index (χ0n) is 17.9. The first-order valence-corrected chi connectivity index (χ1v) is 10.4. The molecular formula is C25H27N3O3. The molecule has 1 aromatic heterocycles. The fourth-order valence-electron chi connectivity index (χ4n) is 3.69. The number of nitrogens with zero attached hydrogens (tertiary/aromatic N) is 2. The van der Waals surface area contributed by atoms with Gasteiger partial charge < -0.3 is 23.3 Å². The SMILES string of the molecule is COc1ccccc1OCCn1c(=N)n(CCOc2cccc(C)c2)c2ccccc21. The molecule has 0 amide bonds. The maximum atomic E-state index is 8.74. The van der Waals surface area contributed by atoms with Crippen molar-refractivity contribution in [3.63, 3.8) is 0 Å². The molecule has 6 heteroatoms. The first-order valence-electron chi connectivity index (χ1n) is 10.4. The highest BCUT2D eigenvalue weighted by atomic mass is 16.5. The van der Waals surface area contributed by atoms with Crippen molar-refractivity contribution >= 4 is 11.0 Å². The van der Waals surface area contributed by atoms with Crippen LogP contribution in [0.25, 0.3) is 11.0 Å². The predicted octanol–water partition coefficient (Wildman–Crippen LogP) is 4.40. The van der Waals surface area contributed by atoms with E-state index in [9.17, 15) is 0 Å². The van der Waals surface area contributed by atoms with Gasteiger partial charge in [0.15, 0.2) is 11.5 Å². The summed E-state index contributed by atoms with van der Waals surface area (Å²) in [5, 5.41) is 8.74. The first-order chi connectivity index (χ1) is 15.2. The lowest BCUT2D eigenvalue weighted by molar-refractivity contribution is 0.275. The molecule has 0 saturated heterocycles. The number of nitrogens with one attached hydrogen (secondary N) is 1. The van der Waals surface area contributed by atoms with E-state index in [1.165, 1.54) is 0 Å². The van der Waals surface area contributed by atoms with Gasteiger partial charge in [-0.25, -0.2) is 0 Å². The molecule has 0 aliphatic rings. The van der Waals surface area contributed by atoms with Crippen LogP contribution in [-0.2, 0) is 13.1 Å². The molecule has 0 spiro atoms. The number of aromatic nitrogens is 2. The number of ether oxygens (including phenoxy) is 3. The Morgan fingerprint density at radius 3 is 2.00 bits per heavy atom. The molecule has 0 aliphatic heterocycles. The summed E-state index contributed by atoms with van der Waals surface area (Å²) >= 11 is 0. The number of benzene rings is 3. The third kappa shape index (κ3) is 4.58. The predicted molar refractivity (Wildman–Crippen MR) is 121 cm³/mol. The second kappa shape index (κ2) is 9.43. The third-order valence-corrected chi connectivity index (χ3v) is 5.19. The van der Waals surface area contributed by atoms with Crippen LogP contribution in [0.5, 0.6) is 17.2 Å². The van der Waals surface area contributed by atoms with Crippen molar-refractivity contribution in [2.75, 3.05) is 20.3 Å². The topological polar surface area (TPSA) is 61.4 Å². The van der Waals surface area contributed by atoms with Gasteiger partial charge >= 0.3 is 0 Å². The lowest BCUT2D eigenvalue weighted by Gasteiger charge is -2.11. The Bertz CT molecular complexity index is 1230. The average molecular weight is 418 g/mol. The summed E-state index contributed by atoms with van der Waals surface area (Å²) < 4.78 is 21.1. The van der Waals surface area contributed by atoms with Gasteiger partial charge in [-0.1, -0.05) is 36.4 Å². The van der Waals surface area contributed by atoms with E-state index in [0.717, 1.165) is 22.3 Å². The Hall–Kier alpha value is -3.67. The standard InChI is InChI=1S/C25H27N3O3/c1-19-8-7-9-20(18-19)30-16-14-27-21-10-3-4-11-22(21)28(25(27)26)15-17-31-24-13-6-5-12-23(24)29-2/h3-13,18,26H,14-17H2,1-2H3. The van der Waals surface area contributed by atoms with E-state index in [1.54, 1.807) is 7.11 Å². The number of methoxy groups -OCH3 is 1. The first kappa shape index (κ1) is 20.6. The molecule has 3 aromatic carbocycles. The normalized spacial score (nSPS) is 10.9.